The summed E-state index contributed by atoms with van der Waals surface area (Å²) in [6, 6.07) is 1.81. The van der Waals surface area contributed by atoms with E-state index in [1.165, 1.54) is 11.3 Å². The van der Waals surface area contributed by atoms with Crippen LogP contribution in [-0.4, -0.2) is 57.8 Å². The van der Waals surface area contributed by atoms with Crippen molar-refractivity contribution in [1.82, 2.24) is 5.32 Å². The summed E-state index contributed by atoms with van der Waals surface area (Å²) in [5, 5.41) is 42.3. The molecule has 1 fully saturated rings. The lowest BCUT2D eigenvalue weighted by Gasteiger charge is -2.19. The molecular weight excluding hydrogens is 473 g/mol. The maximum Gasteiger partial charge on any atom is 0.220 e. The molecule has 5 N–H and O–H groups in total. The highest BCUT2D eigenvalue weighted by molar-refractivity contribution is 7.20. The Morgan fingerprint density at radius 2 is 2.06 bits per heavy atom. The fourth-order valence-corrected chi connectivity index (χ4v) is 5.49. The summed E-state index contributed by atoms with van der Waals surface area (Å²) in [6.45, 7) is 0.210. The Kier molecular flexibility index (Phi) is 12.3. The van der Waals surface area contributed by atoms with Crippen LogP contribution >= 0.6 is 34.5 Å². The number of amides is 1. The Bertz CT molecular complexity index is 770. The molecule has 0 aromatic carbocycles. The van der Waals surface area contributed by atoms with E-state index in [2.05, 4.69) is 5.32 Å². The van der Waals surface area contributed by atoms with Crippen LogP contribution in [0.3, 0.4) is 0 Å². The second-order valence-electron chi connectivity index (χ2n) is 8.12. The Labute approximate surface area is 203 Å². The zero-order valence-electron chi connectivity index (χ0n) is 18.0. The summed E-state index contributed by atoms with van der Waals surface area (Å²) in [6.07, 6.45) is 9.44. The highest BCUT2D eigenvalue weighted by Gasteiger charge is 2.39. The largest absolute Gasteiger partial charge is 0.395 e. The molecule has 1 saturated carbocycles. The van der Waals surface area contributed by atoms with Crippen molar-refractivity contribution in [2.45, 2.75) is 63.3 Å². The van der Waals surface area contributed by atoms with Crippen molar-refractivity contribution in [2.24, 2.45) is 11.8 Å². The van der Waals surface area contributed by atoms with Crippen molar-refractivity contribution in [3.8, 4) is 0 Å². The minimum Gasteiger partial charge on any atom is -0.395 e. The number of rotatable bonds is 13. The van der Waals surface area contributed by atoms with Crippen LogP contribution in [0, 0.1) is 11.8 Å². The maximum atomic E-state index is 11.5. The quantitative estimate of drug-likeness (QED) is 0.208. The molecule has 32 heavy (non-hydrogen) atoms. The molecule has 0 radical (unpaired) electrons. The average Bonchev–Trinajstić information content (AvgIpc) is 3.21. The Hall–Kier alpha value is -0.930. The first kappa shape index (κ1) is 27.3. The molecular formula is C23H33Cl2NO5S. The number of carbonyl (C=O) groups is 1. The monoisotopic (exact) mass is 505 g/mol. The van der Waals surface area contributed by atoms with Crippen molar-refractivity contribution in [1.29, 1.82) is 0 Å². The molecule has 1 aromatic rings. The van der Waals surface area contributed by atoms with E-state index in [-0.39, 0.29) is 30.9 Å². The predicted molar refractivity (Wildman–Crippen MR) is 129 cm³/mol. The molecule has 180 valence electrons. The summed E-state index contributed by atoms with van der Waals surface area (Å²) in [5.74, 6) is -0.426. The Morgan fingerprint density at radius 1 is 1.28 bits per heavy atom. The molecule has 0 aliphatic heterocycles. The van der Waals surface area contributed by atoms with E-state index in [9.17, 15) is 20.1 Å². The van der Waals surface area contributed by atoms with Crippen LogP contribution in [0.1, 0.15) is 44.1 Å². The van der Waals surface area contributed by atoms with E-state index in [0.717, 1.165) is 12.0 Å². The molecule has 6 nitrogen and oxygen atoms in total. The Morgan fingerprint density at radius 3 is 2.75 bits per heavy atom. The number of thiophene rings is 1. The van der Waals surface area contributed by atoms with Crippen molar-refractivity contribution in [2.75, 3.05) is 13.2 Å². The number of aryl methyl sites for hydroxylation is 1. The third-order valence-corrected chi connectivity index (χ3v) is 7.26. The number of aliphatic hydroxyl groups is 4. The topological polar surface area (TPSA) is 110 Å². The van der Waals surface area contributed by atoms with Gasteiger partial charge in [-0.3, -0.25) is 4.79 Å². The van der Waals surface area contributed by atoms with Gasteiger partial charge >= 0.3 is 0 Å². The molecule has 1 amide bonds. The molecule has 1 aromatic heterocycles. The number of unbranched alkanes of at least 4 members (excludes halogenated alkanes) is 1. The lowest BCUT2D eigenvalue weighted by Crippen LogP contribution is -2.25. The number of halogens is 2. The standard InChI is InChI=1S/C23H33Cl2NO5S/c24-21-13-15(23(25)32-21)7-8-16(28)9-10-18-17(19(29)14-20(18)30)5-3-1-2-4-6-22(31)26-11-12-27/h1,3,9-10,13,16-20,27-30H,2,4-8,11-12,14H2,(H,26,31)/t16-,17+,18+,19-,20+/m0/s1. The lowest BCUT2D eigenvalue weighted by atomic mass is 9.89. The third kappa shape index (κ3) is 9.14. The van der Waals surface area contributed by atoms with Gasteiger partial charge in [-0.15, -0.1) is 11.3 Å². The van der Waals surface area contributed by atoms with E-state index >= 15 is 0 Å². The summed E-state index contributed by atoms with van der Waals surface area (Å²) in [7, 11) is 0. The fourth-order valence-electron chi connectivity index (χ4n) is 3.94. The zero-order valence-corrected chi connectivity index (χ0v) is 20.3. The molecule has 2 rings (SSSR count). The van der Waals surface area contributed by atoms with Crippen molar-refractivity contribution in [3.63, 3.8) is 0 Å². The smallest absolute Gasteiger partial charge is 0.220 e. The molecule has 1 aliphatic carbocycles. The van der Waals surface area contributed by atoms with Crippen LogP contribution in [0.2, 0.25) is 8.67 Å². The highest BCUT2D eigenvalue weighted by atomic mass is 35.5. The van der Waals surface area contributed by atoms with Crippen molar-refractivity contribution >= 4 is 40.4 Å². The summed E-state index contributed by atoms with van der Waals surface area (Å²) in [5.41, 5.74) is 0.916. The molecule has 9 heteroatoms. The SMILES string of the molecule is O=C(CCCC=CC[C@@H]1[C@@H](C=C[C@@H](O)CCc2cc(Cl)sc2Cl)[C@H](O)C[C@@H]1O)NCCO. The first-order valence-electron chi connectivity index (χ1n) is 11.0. The number of hydrogen-bond acceptors (Lipinski definition) is 6. The molecule has 1 heterocycles. The Balaban J connectivity index is 1.78. The van der Waals surface area contributed by atoms with Crippen LogP contribution in [0.15, 0.2) is 30.4 Å². The number of hydrogen-bond donors (Lipinski definition) is 5. The highest BCUT2D eigenvalue weighted by Crippen LogP contribution is 2.36. The van der Waals surface area contributed by atoms with E-state index in [1.54, 1.807) is 6.08 Å². The van der Waals surface area contributed by atoms with Crippen LogP contribution in [0.4, 0.5) is 0 Å². The lowest BCUT2D eigenvalue weighted by molar-refractivity contribution is -0.121. The number of allylic oxidation sites excluding steroid dienone is 2. The normalized spacial score (nSPS) is 24.6. The van der Waals surface area contributed by atoms with Crippen LogP contribution in [-0.2, 0) is 11.2 Å². The van der Waals surface area contributed by atoms with Gasteiger partial charge < -0.3 is 25.7 Å². The molecule has 0 unspecified atom stereocenters. The van der Waals surface area contributed by atoms with Gasteiger partial charge in [0.15, 0.2) is 0 Å². The maximum absolute atomic E-state index is 11.5. The van der Waals surface area contributed by atoms with Gasteiger partial charge in [0.1, 0.15) is 0 Å². The minimum absolute atomic E-state index is 0.0638. The summed E-state index contributed by atoms with van der Waals surface area (Å²) >= 11 is 13.4. The molecule has 0 bridgehead atoms. The first-order chi connectivity index (χ1) is 15.3. The van der Waals surface area contributed by atoms with Gasteiger partial charge in [0.05, 0.1) is 33.6 Å². The molecule has 5 atom stereocenters. The van der Waals surface area contributed by atoms with E-state index < -0.39 is 18.3 Å². The average molecular weight is 506 g/mol. The van der Waals surface area contributed by atoms with Gasteiger partial charge in [0.25, 0.3) is 0 Å². The van der Waals surface area contributed by atoms with E-state index in [1.807, 2.05) is 24.3 Å². The van der Waals surface area contributed by atoms with Crippen molar-refractivity contribution in [3.05, 3.63) is 44.6 Å². The summed E-state index contributed by atoms with van der Waals surface area (Å²) in [4.78, 5) is 11.5. The number of nitrogens with one attached hydrogen (secondary N) is 1. The van der Waals surface area contributed by atoms with Crippen molar-refractivity contribution < 1.29 is 25.2 Å². The number of carbonyl (C=O) groups excluding carboxylic acids is 1. The zero-order chi connectivity index (χ0) is 23.5. The van der Waals surface area contributed by atoms with E-state index in [4.69, 9.17) is 28.3 Å². The predicted octanol–water partition coefficient (Wildman–Crippen LogP) is 3.49. The second kappa shape index (κ2) is 14.4. The van der Waals surface area contributed by atoms with Crippen LogP contribution in [0.5, 0.6) is 0 Å². The van der Waals surface area contributed by atoms with Gasteiger partial charge in [0, 0.05) is 25.3 Å². The van der Waals surface area contributed by atoms with Gasteiger partial charge in [-0.2, -0.15) is 0 Å². The fraction of sp³-hybridized carbons (Fsp3) is 0.609. The molecule has 1 aliphatic rings. The summed E-state index contributed by atoms with van der Waals surface area (Å²) < 4.78 is 1.26. The molecule has 0 spiro atoms. The third-order valence-electron chi connectivity index (χ3n) is 5.69. The number of aliphatic hydroxyl groups excluding tert-OH is 4. The van der Waals surface area contributed by atoms with Crippen LogP contribution in [0.25, 0.3) is 0 Å². The van der Waals surface area contributed by atoms with Gasteiger partial charge in [-0.1, -0.05) is 47.5 Å². The van der Waals surface area contributed by atoms with Gasteiger partial charge in [-0.25, -0.2) is 0 Å². The van der Waals surface area contributed by atoms with E-state index in [0.29, 0.717) is 47.2 Å². The van der Waals surface area contributed by atoms with Crippen LogP contribution < -0.4 is 5.32 Å². The second-order valence-corrected chi connectivity index (χ2v) is 10.4. The molecule has 0 saturated heterocycles. The minimum atomic E-state index is -0.678. The van der Waals surface area contributed by atoms with Gasteiger partial charge in [-0.05, 0) is 49.7 Å². The first-order valence-corrected chi connectivity index (χ1v) is 12.6. The van der Waals surface area contributed by atoms with Gasteiger partial charge in [0.2, 0.25) is 5.91 Å².